The molecule has 0 radical (unpaired) electrons. The molecule has 1 atom stereocenters. The molecule has 0 aliphatic rings. The van der Waals surface area contributed by atoms with Crippen molar-refractivity contribution in [1.29, 1.82) is 0 Å². The van der Waals surface area contributed by atoms with Crippen LogP contribution in [0.3, 0.4) is 0 Å². The normalized spacial score (nSPS) is 11.7. The third-order valence-electron chi connectivity index (χ3n) is 2.02. The van der Waals surface area contributed by atoms with Gasteiger partial charge in [0.25, 0.3) is 0 Å². The van der Waals surface area contributed by atoms with Crippen molar-refractivity contribution >= 4 is 11.9 Å². The van der Waals surface area contributed by atoms with Gasteiger partial charge in [0.1, 0.15) is 6.54 Å². The molecule has 1 amide bonds. The average Bonchev–Trinajstić information content (AvgIpc) is 2.16. The van der Waals surface area contributed by atoms with Crippen LogP contribution in [-0.2, 0) is 14.3 Å². The highest BCUT2D eigenvalue weighted by molar-refractivity contribution is 5.80. The summed E-state index contributed by atoms with van der Waals surface area (Å²) < 4.78 is 5.06. The predicted octanol–water partition coefficient (Wildman–Crippen LogP) is 1.36. The lowest BCUT2D eigenvalue weighted by Gasteiger charge is -2.19. The largest absolute Gasteiger partial charge is 0.461 e. The number of hydrogen-bond acceptors (Lipinski definition) is 3. The fraction of sp³-hybridized carbons (Fsp3) is 0.636. The van der Waals surface area contributed by atoms with E-state index in [1.807, 2.05) is 13.8 Å². The Balaban J connectivity index is 4.10. The molecule has 0 bridgehead atoms. The second-order valence-electron chi connectivity index (χ2n) is 3.40. The minimum atomic E-state index is -0.374. The minimum absolute atomic E-state index is 0.00824. The number of nitrogens with zero attached hydrogens (tertiary/aromatic N) is 1. The van der Waals surface area contributed by atoms with Crippen molar-refractivity contribution in [2.24, 2.45) is 0 Å². The van der Waals surface area contributed by atoms with Crippen LogP contribution in [0, 0.1) is 0 Å². The summed E-state index contributed by atoms with van der Waals surface area (Å²) >= 11 is 0. The van der Waals surface area contributed by atoms with Gasteiger partial charge < -0.3 is 9.64 Å². The molecule has 0 heterocycles. The first-order chi connectivity index (χ1) is 7.01. The van der Waals surface area contributed by atoms with E-state index in [9.17, 15) is 9.59 Å². The quantitative estimate of drug-likeness (QED) is 0.494. The van der Waals surface area contributed by atoms with Crippen LogP contribution in [-0.4, -0.2) is 36.0 Å². The maximum Gasteiger partial charge on any atom is 0.325 e. The van der Waals surface area contributed by atoms with Gasteiger partial charge in [-0.15, -0.1) is 6.58 Å². The van der Waals surface area contributed by atoms with Crippen LogP contribution < -0.4 is 0 Å². The molecule has 0 N–H and O–H groups in total. The number of ether oxygens (including phenoxy) is 1. The summed E-state index contributed by atoms with van der Waals surface area (Å²) in [6.07, 6.45) is 2.25. The highest BCUT2D eigenvalue weighted by atomic mass is 16.5. The zero-order chi connectivity index (χ0) is 11.8. The van der Waals surface area contributed by atoms with E-state index in [1.54, 1.807) is 6.08 Å². The molecule has 4 heteroatoms. The molecule has 0 saturated heterocycles. The van der Waals surface area contributed by atoms with Gasteiger partial charge >= 0.3 is 5.97 Å². The lowest BCUT2D eigenvalue weighted by molar-refractivity contribution is -0.152. The Kier molecular flexibility index (Phi) is 6.42. The molecule has 0 saturated carbocycles. The first-order valence-corrected chi connectivity index (χ1v) is 5.07. The highest BCUT2D eigenvalue weighted by Gasteiger charge is 2.14. The lowest BCUT2D eigenvalue weighted by atomic mass is 10.3. The van der Waals surface area contributed by atoms with Crippen LogP contribution in [0.15, 0.2) is 12.7 Å². The molecule has 0 aromatic carbocycles. The van der Waals surface area contributed by atoms with E-state index in [-0.39, 0.29) is 24.5 Å². The zero-order valence-electron chi connectivity index (χ0n) is 9.66. The molecule has 0 fully saturated rings. The van der Waals surface area contributed by atoms with E-state index in [2.05, 4.69) is 6.58 Å². The van der Waals surface area contributed by atoms with Crippen LogP contribution in [0.1, 0.15) is 27.2 Å². The van der Waals surface area contributed by atoms with E-state index >= 15 is 0 Å². The van der Waals surface area contributed by atoms with Gasteiger partial charge in [-0.05, 0) is 13.3 Å². The summed E-state index contributed by atoms with van der Waals surface area (Å²) in [4.78, 5) is 23.8. The van der Waals surface area contributed by atoms with E-state index in [0.29, 0.717) is 6.54 Å². The van der Waals surface area contributed by atoms with Crippen LogP contribution in [0.25, 0.3) is 0 Å². The Morgan fingerprint density at radius 2 is 2.13 bits per heavy atom. The number of carbonyl (C=O) groups excluding carboxylic acids is 2. The Bertz CT molecular complexity index is 238. The molecule has 0 aromatic rings. The third-order valence-corrected chi connectivity index (χ3v) is 2.02. The Morgan fingerprint density at radius 3 is 2.53 bits per heavy atom. The van der Waals surface area contributed by atoms with Crippen molar-refractivity contribution in [1.82, 2.24) is 4.90 Å². The summed E-state index contributed by atoms with van der Waals surface area (Å²) in [5.74, 6) is -0.530. The van der Waals surface area contributed by atoms with Crippen LogP contribution in [0.5, 0.6) is 0 Å². The summed E-state index contributed by atoms with van der Waals surface area (Å²) in [6, 6.07) is 0. The van der Waals surface area contributed by atoms with Crippen molar-refractivity contribution in [2.75, 3.05) is 13.1 Å². The molecule has 0 aliphatic heterocycles. The van der Waals surface area contributed by atoms with Crippen molar-refractivity contribution < 1.29 is 14.3 Å². The van der Waals surface area contributed by atoms with E-state index < -0.39 is 0 Å². The van der Waals surface area contributed by atoms with Gasteiger partial charge in [0.2, 0.25) is 5.91 Å². The van der Waals surface area contributed by atoms with Crippen molar-refractivity contribution in [3.05, 3.63) is 12.7 Å². The van der Waals surface area contributed by atoms with Gasteiger partial charge in [-0.1, -0.05) is 13.0 Å². The second kappa shape index (κ2) is 7.04. The Morgan fingerprint density at radius 1 is 1.53 bits per heavy atom. The average molecular weight is 213 g/mol. The smallest absolute Gasteiger partial charge is 0.325 e. The van der Waals surface area contributed by atoms with Crippen molar-refractivity contribution in [3.8, 4) is 0 Å². The summed E-state index contributed by atoms with van der Waals surface area (Å²) in [6.45, 7) is 9.05. The molecule has 86 valence electrons. The van der Waals surface area contributed by atoms with Gasteiger partial charge in [-0.3, -0.25) is 9.59 Å². The number of esters is 1. The molecular formula is C11H19NO3. The van der Waals surface area contributed by atoms with Crippen molar-refractivity contribution in [3.63, 3.8) is 0 Å². The van der Waals surface area contributed by atoms with Crippen molar-refractivity contribution in [2.45, 2.75) is 33.3 Å². The first-order valence-electron chi connectivity index (χ1n) is 5.07. The number of carbonyl (C=O) groups is 2. The van der Waals surface area contributed by atoms with E-state index in [4.69, 9.17) is 4.74 Å². The monoisotopic (exact) mass is 213 g/mol. The van der Waals surface area contributed by atoms with Crippen LogP contribution >= 0.6 is 0 Å². The summed E-state index contributed by atoms with van der Waals surface area (Å²) in [5, 5.41) is 0. The number of amides is 1. The first kappa shape index (κ1) is 13.7. The highest BCUT2D eigenvalue weighted by Crippen LogP contribution is 1.98. The summed E-state index contributed by atoms with van der Waals surface area (Å²) in [5.41, 5.74) is 0. The molecule has 0 aromatic heterocycles. The Hall–Kier alpha value is -1.32. The zero-order valence-corrected chi connectivity index (χ0v) is 9.66. The molecule has 0 spiro atoms. The molecular weight excluding hydrogens is 194 g/mol. The molecule has 15 heavy (non-hydrogen) atoms. The topological polar surface area (TPSA) is 46.6 Å². The lowest BCUT2D eigenvalue weighted by Crippen LogP contribution is -2.35. The fourth-order valence-electron chi connectivity index (χ4n) is 0.961. The van der Waals surface area contributed by atoms with Crippen LogP contribution in [0.2, 0.25) is 0 Å². The van der Waals surface area contributed by atoms with Gasteiger partial charge in [0.05, 0.1) is 6.10 Å². The maximum absolute atomic E-state index is 11.4. The Labute approximate surface area is 90.9 Å². The molecule has 0 rings (SSSR count). The van der Waals surface area contributed by atoms with Gasteiger partial charge in [0.15, 0.2) is 0 Å². The van der Waals surface area contributed by atoms with Gasteiger partial charge in [0, 0.05) is 13.5 Å². The molecule has 4 nitrogen and oxygen atoms in total. The maximum atomic E-state index is 11.4. The predicted molar refractivity (Wildman–Crippen MR) is 58.3 cm³/mol. The molecule has 1 unspecified atom stereocenters. The fourth-order valence-corrected chi connectivity index (χ4v) is 0.961. The van der Waals surface area contributed by atoms with Gasteiger partial charge in [-0.25, -0.2) is 0 Å². The molecule has 0 aliphatic carbocycles. The third kappa shape index (κ3) is 5.88. The number of rotatable bonds is 6. The standard InChI is InChI=1S/C11H19NO3/c1-5-7-12(10(4)13)8-11(14)15-9(3)6-2/h5,9H,1,6-8H2,2-4H3. The SMILES string of the molecule is C=CCN(CC(=O)OC(C)CC)C(C)=O. The van der Waals surface area contributed by atoms with Gasteiger partial charge in [-0.2, -0.15) is 0 Å². The van der Waals surface area contributed by atoms with E-state index in [1.165, 1.54) is 11.8 Å². The number of hydrogen-bond donors (Lipinski definition) is 0. The van der Waals surface area contributed by atoms with Crippen LogP contribution in [0.4, 0.5) is 0 Å². The minimum Gasteiger partial charge on any atom is -0.461 e. The second-order valence-corrected chi connectivity index (χ2v) is 3.40. The summed E-state index contributed by atoms with van der Waals surface area (Å²) in [7, 11) is 0. The van der Waals surface area contributed by atoms with E-state index in [0.717, 1.165) is 6.42 Å².